The Bertz CT molecular complexity index is 422. The van der Waals surface area contributed by atoms with Crippen molar-refractivity contribution in [2.75, 3.05) is 18.6 Å². The molecule has 0 aliphatic heterocycles. The summed E-state index contributed by atoms with van der Waals surface area (Å²) < 4.78 is 0. The van der Waals surface area contributed by atoms with E-state index in [0.717, 1.165) is 5.56 Å². The highest BCUT2D eigenvalue weighted by molar-refractivity contribution is 7.99. The second-order valence-electron chi connectivity index (χ2n) is 4.49. The fourth-order valence-corrected chi connectivity index (χ4v) is 2.46. The molecule has 0 heterocycles. The number of hydrogen-bond donors (Lipinski definition) is 1. The smallest absolute Gasteiger partial charge is 0.307 e. The van der Waals surface area contributed by atoms with Crippen LogP contribution in [0.4, 0.5) is 0 Å². The largest absolute Gasteiger partial charge is 0.481 e. The summed E-state index contributed by atoms with van der Waals surface area (Å²) in [5.41, 5.74) is 1.09. The average Bonchev–Trinajstić information content (AvgIpc) is 2.39. The number of carbonyl (C=O) groups is 2. The lowest BCUT2D eigenvalue weighted by atomic mass is 10.2. The molecule has 0 aromatic heterocycles. The number of amides is 1. The van der Waals surface area contributed by atoms with Gasteiger partial charge in [-0.2, -0.15) is 11.8 Å². The first-order valence-corrected chi connectivity index (χ1v) is 7.24. The minimum absolute atomic E-state index is 0.0199. The van der Waals surface area contributed by atoms with E-state index in [-0.39, 0.29) is 5.91 Å². The van der Waals surface area contributed by atoms with Crippen LogP contribution in [-0.2, 0) is 16.1 Å². The molecule has 0 fully saturated rings. The van der Waals surface area contributed by atoms with Gasteiger partial charge < -0.3 is 10.0 Å². The third kappa shape index (κ3) is 5.79. The van der Waals surface area contributed by atoms with Crippen molar-refractivity contribution < 1.29 is 14.7 Å². The number of rotatable bonds is 7. The molecule has 1 N–H and O–H groups in total. The monoisotopic (exact) mass is 281 g/mol. The summed E-state index contributed by atoms with van der Waals surface area (Å²) in [6.45, 7) is 2.22. The lowest BCUT2D eigenvalue weighted by Gasteiger charge is -2.17. The average molecular weight is 281 g/mol. The molecule has 0 radical (unpaired) electrons. The van der Waals surface area contributed by atoms with Crippen LogP contribution in [0.3, 0.4) is 0 Å². The van der Waals surface area contributed by atoms with E-state index in [9.17, 15) is 9.59 Å². The predicted molar refractivity (Wildman–Crippen MR) is 77.0 cm³/mol. The molecule has 1 rings (SSSR count). The van der Waals surface area contributed by atoms with E-state index < -0.39 is 11.9 Å². The number of hydrogen-bond acceptors (Lipinski definition) is 3. The van der Waals surface area contributed by atoms with E-state index in [1.54, 1.807) is 18.9 Å². The molecule has 19 heavy (non-hydrogen) atoms. The van der Waals surface area contributed by atoms with Crippen LogP contribution in [0, 0.1) is 5.92 Å². The topological polar surface area (TPSA) is 57.6 Å². The molecule has 5 heteroatoms. The highest BCUT2D eigenvalue weighted by Crippen LogP contribution is 2.10. The fraction of sp³-hybridized carbons (Fsp3) is 0.429. The molecule has 1 aromatic rings. The van der Waals surface area contributed by atoms with Gasteiger partial charge in [0.15, 0.2) is 0 Å². The Morgan fingerprint density at radius 1 is 1.32 bits per heavy atom. The summed E-state index contributed by atoms with van der Waals surface area (Å²) in [6.07, 6.45) is 0. The van der Waals surface area contributed by atoms with Crippen molar-refractivity contribution in [2.45, 2.75) is 13.5 Å². The maximum absolute atomic E-state index is 11.9. The second-order valence-corrected chi connectivity index (χ2v) is 5.52. The minimum atomic E-state index is -0.822. The Balaban J connectivity index is 2.31. The summed E-state index contributed by atoms with van der Waals surface area (Å²) in [5.74, 6) is -0.442. The summed E-state index contributed by atoms with van der Waals surface area (Å²) in [7, 11) is 1.76. The third-order valence-electron chi connectivity index (χ3n) is 2.70. The van der Waals surface area contributed by atoms with Crippen LogP contribution < -0.4 is 0 Å². The van der Waals surface area contributed by atoms with Crippen LogP contribution in [0.15, 0.2) is 30.3 Å². The van der Waals surface area contributed by atoms with E-state index in [1.165, 1.54) is 11.8 Å². The zero-order valence-corrected chi connectivity index (χ0v) is 12.0. The number of aliphatic carboxylic acids is 1. The molecule has 1 unspecified atom stereocenters. The van der Waals surface area contributed by atoms with Gasteiger partial charge in [0, 0.05) is 19.3 Å². The number of benzene rings is 1. The second kappa shape index (κ2) is 7.84. The molecular formula is C14H19NO3S. The van der Waals surface area contributed by atoms with Crippen molar-refractivity contribution in [3.05, 3.63) is 35.9 Å². The number of carbonyl (C=O) groups excluding carboxylic acids is 1. The maximum Gasteiger partial charge on any atom is 0.307 e. The zero-order chi connectivity index (χ0) is 14.3. The fourth-order valence-electron chi connectivity index (χ4n) is 1.45. The van der Waals surface area contributed by atoms with Gasteiger partial charge in [-0.15, -0.1) is 0 Å². The van der Waals surface area contributed by atoms with Crippen molar-refractivity contribution in [3.63, 3.8) is 0 Å². The van der Waals surface area contributed by atoms with Crippen molar-refractivity contribution in [3.8, 4) is 0 Å². The molecular weight excluding hydrogens is 262 g/mol. The summed E-state index contributed by atoms with van der Waals surface area (Å²) >= 11 is 1.36. The van der Waals surface area contributed by atoms with E-state index in [1.807, 2.05) is 30.3 Å². The summed E-state index contributed by atoms with van der Waals surface area (Å²) in [6, 6.07) is 9.77. The Labute approximate surface area is 117 Å². The third-order valence-corrected chi connectivity index (χ3v) is 3.89. The molecule has 1 aromatic carbocycles. The molecule has 0 bridgehead atoms. The normalized spacial score (nSPS) is 11.9. The molecule has 1 atom stereocenters. The van der Waals surface area contributed by atoms with Crippen molar-refractivity contribution in [1.29, 1.82) is 0 Å². The van der Waals surface area contributed by atoms with Crippen LogP contribution in [0.5, 0.6) is 0 Å². The first-order valence-electron chi connectivity index (χ1n) is 6.09. The number of nitrogens with zero attached hydrogens (tertiary/aromatic N) is 1. The quantitative estimate of drug-likeness (QED) is 0.831. The molecule has 1 amide bonds. The van der Waals surface area contributed by atoms with E-state index >= 15 is 0 Å². The van der Waals surface area contributed by atoms with Gasteiger partial charge >= 0.3 is 5.97 Å². The van der Waals surface area contributed by atoms with Gasteiger partial charge in [0.1, 0.15) is 0 Å². The molecule has 0 aliphatic carbocycles. The molecule has 4 nitrogen and oxygen atoms in total. The van der Waals surface area contributed by atoms with Crippen LogP contribution in [0.2, 0.25) is 0 Å². The molecule has 0 aliphatic rings. The Hall–Kier alpha value is -1.49. The van der Waals surface area contributed by atoms with Crippen molar-refractivity contribution >= 4 is 23.6 Å². The lowest BCUT2D eigenvalue weighted by Crippen LogP contribution is -2.28. The number of carboxylic acid groups (broad SMARTS) is 1. The maximum atomic E-state index is 11.9. The van der Waals surface area contributed by atoms with Gasteiger partial charge in [0.2, 0.25) is 5.91 Å². The number of thioether (sulfide) groups is 1. The summed E-state index contributed by atoms with van der Waals surface area (Å²) in [5, 5.41) is 8.74. The van der Waals surface area contributed by atoms with Gasteiger partial charge in [-0.3, -0.25) is 9.59 Å². The van der Waals surface area contributed by atoms with E-state index in [4.69, 9.17) is 5.11 Å². The minimum Gasteiger partial charge on any atom is -0.481 e. The van der Waals surface area contributed by atoms with Crippen LogP contribution >= 0.6 is 11.8 Å². The van der Waals surface area contributed by atoms with Crippen molar-refractivity contribution in [1.82, 2.24) is 4.90 Å². The highest BCUT2D eigenvalue weighted by Gasteiger charge is 2.13. The van der Waals surface area contributed by atoms with E-state index in [0.29, 0.717) is 18.1 Å². The first kappa shape index (κ1) is 15.6. The summed E-state index contributed by atoms with van der Waals surface area (Å²) in [4.78, 5) is 24.2. The molecule has 104 valence electrons. The van der Waals surface area contributed by atoms with Crippen LogP contribution in [0.25, 0.3) is 0 Å². The predicted octanol–water partition coefficient (Wildman–Crippen LogP) is 2.10. The van der Waals surface area contributed by atoms with Gasteiger partial charge in [-0.25, -0.2) is 0 Å². The van der Waals surface area contributed by atoms with E-state index in [2.05, 4.69) is 0 Å². The Morgan fingerprint density at radius 3 is 2.53 bits per heavy atom. The number of carboxylic acids is 1. The lowest BCUT2D eigenvalue weighted by molar-refractivity contribution is -0.140. The van der Waals surface area contributed by atoms with Gasteiger partial charge in [0.25, 0.3) is 0 Å². The van der Waals surface area contributed by atoms with Crippen LogP contribution in [0.1, 0.15) is 12.5 Å². The Morgan fingerprint density at radius 2 is 1.95 bits per heavy atom. The molecule has 0 spiro atoms. The van der Waals surface area contributed by atoms with Crippen LogP contribution in [-0.4, -0.2) is 40.4 Å². The molecule has 0 saturated heterocycles. The van der Waals surface area contributed by atoms with Crippen molar-refractivity contribution in [2.24, 2.45) is 5.92 Å². The Kier molecular flexibility index (Phi) is 6.42. The van der Waals surface area contributed by atoms with Gasteiger partial charge in [-0.05, 0) is 5.56 Å². The zero-order valence-electron chi connectivity index (χ0n) is 11.2. The standard InChI is InChI=1S/C14H19NO3S/c1-11(14(17)18)9-19-10-13(16)15(2)8-12-6-4-3-5-7-12/h3-7,11H,8-10H2,1-2H3,(H,17,18). The first-order chi connectivity index (χ1) is 9.00. The van der Waals surface area contributed by atoms with Gasteiger partial charge in [0.05, 0.1) is 11.7 Å². The highest BCUT2D eigenvalue weighted by atomic mass is 32.2. The van der Waals surface area contributed by atoms with Gasteiger partial charge in [-0.1, -0.05) is 37.3 Å². The SMILES string of the molecule is CC(CSCC(=O)N(C)Cc1ccccc1)C(=O)O. The molecule has 0 saturated carbocycles.